The summed E-state index contributed by atoms with van der Waals surface area (Å²) >= 11 is 0. The fourth-order valence-corrected chi connectivity index (χ4v) is 2.60. The molecule has 0 fully saturated rings. The van der Waals surface area contributed by atoms with Gasteiger partial charge in [0.15, 0.2) is 11.7 Å². The third-order valence-corrected chi connectivity index (χ3v) is 3.69. The summed E-state index contributed by atoms with van der Waals surface area (Å²) in [5.74, 6) is 0.302. The topological polar surface area (TPSA) is 88.0 Å². The number of nitrogens with one attached hydrogen (secondary N) is 1. The lowest BCUT2D eigenvalue weighted by Crippen LogP contribution is -2.14. The van der Waals surface area contributed by atoms with E-state index in [1.807, 2.05) is 60.7 Å². The molecule has 0 amide bonds. The van der Waals surface area contributed by atoms with Crippen molar-refractivity contribution >= 4 is 11.7 Å². The van der Waals surface area contributed by atoms with Crippen molar-refractivity contribution in [3.63, 3.8) is 0 Å². The van der Waals surface area contributed by atoms with Gasteiger partial charge in [-0.05, 0) is 0 Å². The van der Waals surface area contributed by atoms with Gasteiger partial charge in [0.2, 0.25) is 0 Å². The summed E-state index contributed by atoms with van der Waals surface area (Å²) in [4.78, 5) is 13.3. The molecule has 2 heterocycles. The van der Waals surface area contributed by atoms with Gasteiger partial charge in [0.1, 0.15) is 11.4 Å². The van der Waals surface area contributed by atoms with Gasteiger partial charge in [0.05, 0.1) is 11.4 Å². The number of hydrogen-bond acceptors (Lipinski definition) is 4. The van der Waals surface area contributed by atoms with Gasteiger partial charge in [-0.15, -0.1) is 0 Å². The van der Waals surface area contributed by atoms with Crippen LogP contribution < -0.4 is 5.73 Å². The van der Waals surface area contributed by atoms with E-state index in [0.29, 0.717) is 11.4 Å². The van der Waals surface area contributed by atoms with E-state index in [1.54, 1.807) is 0 Å². The van der Waals surface area contributed by atoms with Crippen molar-refractivity contribution in [2.75, 3.05) is 0 Å². The van der Waals surface area contributed by atoms with Gasteiger partial charge in [-0.1, -0.05) is 60.7 Å². The van der Waals surface area contributed by atoms with E-state index >= 15 is 0 Å². The Labute approximate surface area is 133 Å². The average Bonchev–Trinajstić information content (AvgIpc) is 2.89. The summed E-state index contributed by atoms with van der Waals surface area (Å²) in [6.07, 6.45) is 0. The standard InChI is InChI=1S/C18H13N5/c19-17-15-16(18(20)23-17)22-14(12-9-5-2-6-10-12)13(21-15)11-7-3-1-4-8-11/h1-10H,(H3,19,20,23). The SMILES string of the molecule is N=C1N=C(N)c2nc(-c3ccccc3)c(-c3ccccc3)nc21. The molecule has 3 N–H and O–H groups in total. The first kappa shape index (κ1) is 13.3. The third-order valence-electron chi connectivity index (χ3n) is 3.69. The molecule has 1 aliphatic heterocycles. The molecule has 23 heavy (non-hydrogen) atoms. The molecular weight excluding hydrogens is 286 g/mol. The van der Waals surface area contributed by atoms with E-state index in [0.717, 1.165) is 22.5 Å². The molecule has 0 saturated carbocycles. The van der Waals surface area contributed by atoms with Gasteiger partial charge in [-0.2, -0.15) is 0 Å². The first-order valence-corrected chi connectivity index (χ1v) is 7.20. The largest absolute Gasteiger partial charge is 0.382 e. The zero-order chi connectivity index (χ0) is 15.8. The summed E-state index contributed by atoms with van der Waals surface area (Å²) in [5.41, 5.74) is 10.2. The molecule has 1 aliphatic rings. The van der Waals surface area contributed by atoms with E-state index < -0.39 is 0 Å². The first-order chi connectivity index (χ1) is 11.2. The molecule has 0 bridgehead atoms. The number of nitrogens with zero attached hydrogens (tertiary/aromatic N) is 3. The highest BCUT2D eigenvalue weighted by atomic mass is 15.0. The highest BCUT2D eigenvalue weighted by Crippen LogP contribution is 2.31. The Balaban J connectivity index is 2.02. The first-order valence-electron chi connectivity index (χ1n) is 7.20. The lowest BCUT2D eigenvalue weighted by Gasteiger charge is -2.11. The van der Waals surface area contributed by atoms with Crippen LogP contribution in [0.25, 0.3) is 22.5 Å². The summed E-state index contributed by atoms with van der Waals surface area (Å²) < 4.78 is 0. The van der Waals surface area contributed by atoms with Crippen LogP contribution >= 0.6 is 0 Å². The summed E-state index contributed by atoms with van der Waals surface area (Å²) in [6, 6.07) is 19.7. The van der Waals surface area contributed by atoms with Crippen LogP contribution in [0, 0.1) is 5.41 Å². The lowest BCUT2D eigenvalue weighted by atomic mass is 10.0. The molecule has 0 atom stereocenters. The minimum atomic E-state index is 0.0572. The Bertz CT molecular complexity index is 930. The third kappa shape index (κ3) is 2.19. The number of benzene rings is 2. The maximum Gasteiger partial charge on any atom is 0.175 e. The minimum Gasteiger partial charge on any atom is -0.382 e. The van der Waals surface area contributed by atoms with Gasteiger partial charge in [-0.25, -0.2) is 15.0 Å². The Hall–Kier alpha value is -3.34. The number of rotatable bonds is 2. The maximum absolute atomic E-state index is 7.93. The van der Waals surface area contributed by atoms with E-state index in [-0.39, 0.29) is 11.7 Å². The predicted molar refractivity (Wildman–Crippen MR) is 90.5 cm³/mol. The molecule has 5 heteroatoms. The molecule has 110 valence electrons. The van der Waals surface area contributed by atoms with E-state index in [4.69, 9.17) is 11.1 Å². The van der Waals surface area contributed by atoms with Crippen molar-refractivity contribution < 1.29 is 0 Å². The van der Waals surface area contributed by atoms with Crippen molar-refractivity contribution in [1.29, 1.82) is 5.41 Å². The Kier molecular flexibility index (Phi) is 2.98. The molecule has 5 nitrogen and oxygen atoms in total. The highest BCUT2D eigenvalue weighted by Gasteiger charge is 2.25. The number of nitrogens with two attached hydrogens (primary N) is 1. The van der Waals surface area contributed by atoms with Crippen molar-refractivity contribution in [2.24, 2.45) is 10.7 Å². The van der Waals surface area contributed by atoms with Crippen LogP contribution in [0.3, 0.4) is 0 Å². The fourth-order valence-electron chi connectivity index (χ4n) is 2.60. The molecule has 2 aromatic carbocycles. The normalized spacial score (nSPS) is 12.9. The molecule has 4 rings (SSSR count). The maximum atomic E-state index is 7.93. The van der Waals surface area contributed by atoms with E-state index in [1.165, 1.54) is 0 Å². The second-order valence-corrected chi connectivity index (χ2v) is 5.20. The lowest BCUT2D eigenvalue weighted by molar-refractivity contribution is 1.17. The second-order valence-electron chi connectivity index (χ2n) is 5.20. The van der Waals surface area contributed by atoms with Crippen LogP contribution in [0.2, 0.25) is 0 Å². The van der Waals surface area contributed by atoms with Crippen LogP contribution in [0.15, 0.2) is 65.7 Å². The van der Waals surface area contributed by atoms with Crippen molar-refractivity contribution in [1.82, 2.24) is 9.97 Å². The van der Waals surface area contributed by atoms with Gasteiger partial charge >= 0.3 is 0 Å². The zero-order valence-electron chi connectivity index (χ0n) is 12.2. The van der Waals surface area contributed by atoms with E-state index in [2.05, 4.69) is 15.0 Å². The molecule has 1 aromatic heterocycles. The Morgan fingerprint density at radius 1 is 0.652 bits per heavy atom. The van der Waals surface area contributed by atoms with Gasteiger partial charge < -0.3 is 5.73 Å². The van der Waals surface area contributed by atoms with E-state index in [9.17, 15) is 0 Å². The highest BCUT2D eigenvalue weighted by molar-refractivity contribution is 6.19. The molecule has 0 spiro atoms. The second kappa shape index (κ2) is 5.14. The fraction of sp³-hybridized carbons (Fsp3) is 0. The van der Waals surface area contributed by atoms with Gasteiger partial charge in [-0.3, -0.25) is 5.41 Å². The van der Waals surface area contributed by atoms with Crippen LogP contribution in [0.5, 0.6) is 0 Å². The van der Waals surface area contributed by atoms with Crippen molar-refractivity contribution in [3.05, 3.63) is 72.1 Å². The minimum absolute atomic E-state index is 0.0572. The monoisotopic (exact) mass is 299 g/mol. The predicted octanol–water partition coefficient (Wildman–Crippen LogP) is 2.85. The van der Waals surface area contributed by atoms with Gasteiger partial charge in [0, 0.05) is 11.1 Å². The molecule has 0 saturated heterocycles. The molecular formula is C18H13N5. The smallest absolute Gasteiger partial charge is 0.175 e. The number of aliphatic imine (C=N–C) groups is 1. The van der Waals surface area contributed by atoms with Crippen LogP contribution in [-0.4, -0.2) is 21.6 Å². The number of amidine groups is 2. The Morgan fingerprint density at radius 2 is 1.13 bits per heavy atom. The summed E-state index contributed by atoms with van der Waals surface area (Å²) in [6.45, 7) is 0. The molecule has 3 aromatic rings. The number of aromatic nitrogens is 2. The average molecular weight is 299 g/mol. The van der Waals surface area contributed by atoms with Crippen LogP contribution in [0.4, 0.5) is 0 Å². The summed E-state index contributed by atoms with van der Waals surface area (Å²) in [7, 11) is 0. The quantitative estimate of drug-likeness (QED) is 0.762. The van der Waals surface area contributed by atoms with Crippen LogP contribution in [-0.2, 0) is 0 Å². The van der Waals surface area contributed by atoms with Gasteiger partial charge in [0.25, 0.3) is 0 Å². The molecule has 0 aliphatic carbocycles. The number of fused-ring (bicyclic) bond motifs is 1. The molecule has 0 radical (unpaired) electrons. The van der Waals surface area contributed by atoms with Crippen LogP contribution in [0.1, 0.15) is 11.4 Å². The molecule has 0 unspecified atom stereocenters. The number of hydrogen-bond donors (Lipinski definition) is 2. The van der Waals surface area contributed by atoms with Crippen molar-refractivity contribution in [3.8, 4) is 22.5 Å². The van der Waals surface area contributed by atoms with Crippen molar-refractivity contribution in [2.45, 2.75) is 0 Å². The zero-order valence-corrected chi connectivity index (χ0v) is 12.2. The summed E-state index contributed by atoms with van der Waals surface area (Å²) in [5, 5.41) is 7.93. The Morgan fingerprint density at radius 3 is 1.65 bits per heavy atom.